The fourth-order valence-corrected chi connectivity index (χ4v) is 3.99. The number of hydrogen-bond acceptors (Lipinski definition) is 8. The minimum Gasteiger partial charge on any atom is -0.489 e. The van der Waals surface area contributed by atoms with Crippen LogP contribution in [0.3, 0.4) is 0 Å². The summed E-state index contributed by atoms with van der Waals surface area (Å²) >= 11 is 0. The van der Waals surface area contributed by atoms with Gasteiger partial charge in [0.05, 0.1) is 23.4 Å². The first-order chi connectivity index (χ1) is 15.9. The Labute approximate surface area is 192 Å². The summed E-state index contributed by atoms with van der Waals surface area (Å²) in [5.74, 6) is 0.0547. The van der Waals surface area contributed by atoms with Crippen LogP contribution in [0.15, 0.2) is 24.5 Å². The largest absolute Gasteiger partial charge is 0.489 e. The van der Waals surface area contributed by atoms with Crippen molar-refractivity contribution in [2.24, 2.45) is 13.0 Å². The molecular weight excluding hydrogens is 424 g/mol. The van der Waals surface area contributed by atoms with Gasteiger partial charge in [-0.05, 0) is 51.2 Å². The Morgan fingerprint density at radius 1 is 1.27 bits per heavy atom. The van der Waals surface area contributed by atoms with Gasteiger partial charge in [0, 0.05) is 18.8 Å². The number of carbonyl (C=O) groups is 1. The third-order valence-electron chi connectivity index (χ3n) is 5.91. The Morgan fingerprint density at radius 3 is 2.88 bits per heavy atom. The van der Waals surface area contributed by atoms with Crippen molar-refractivity contribution in [3.63, 3.8) is 0 Å². The molecule has 174 valence electrons. The SMILES string of the molecule is CCc1cc(OCc2c(-c3ccc(O[C@H]4CCC[C@H](C(=O)O)C4)c(C)n3)nnn2C)ncn1. The second-order valence-corrected chi connectivity index (χ2v) is 8.22. The molecule has 3 aromatic rings. The van der Waals surface area contributed by atoms with Crippen LogP contribution in [0.2, 0.25) is 0 Å². The number of carboxylic acid groups (broad SMARTS) is 1. The fraction of sp³-hybridized carbons (Fsp3) is 0.478. The number of carboxylic acids is 1. The van der Waals surface area contributed by atoms with Crippen LogP contribution in [-0.4, -0.2) is 47.1 Å². The van der Waals surface area contributed by atoms with E-state index in [0.717, 1.165) is 30.7 Å². The predicted octanol–water partition coefficient (Wildman–Crippen LogP) is 3.14. The smallest absolute Gasteiger partial charge is 0.306 e. The Morgan fingerprint density at radius 2 is 2.12 bits per heavy atom. The molecule has 0 aromatic carbocycles. The highest BCUT2D eigenvalue weighted by Crippen LogP contribution is 2.30. The van der Waals surface area contributed by atoms with Gasteiger partial charge in [0.1, 0.15) is 30.1 Å². The van der Waals surface area contributed by atoms with E-state index >= 15 is 0 Å². The molecule has 0 saturated heterocycles. The van der Waals surface area contributed by atoms with E-state index in [-0.39, 0.29) is 18.6 Å². The Bertz CT molecular complexity index is 1130. The molecular formula is C23H28N6O4. The highest BCUT2D eigenvalue weighted by molar-refractivity contribution is 5.70. The van der Waals surface area contributed by atoms with E-state index in [1.165, 1.54) is 6.33 Å². The van der Waals surface area contributed by atoms with Crippen LogP contribution in [0.1, 0.15) is 49.7 Å². The zero-order valence-electron chi connectivity index (χ0n) is 19.1. The van der Waals surface area contributed by atoms with Gasteiger partial charge >= 0.3 is 5.97 Å². The number of hydrogen-bond donors (Lipinski definition) is 1. The summed E-state index contributed by atoms with van der Waals surface area (Å²) in [6, 6.07) is 5.52. The number of aromatic nitrogens is 6. The highest BCUT2D eigenvalue weighted by Gasteiger charge is 2.28. The molecule has 0 amide bonds. The minimum absolute atomic E-state index is 0.118. The van der Waals surface area contributed by atoms with Crippen molar-refractivity contribution in [2.45, 2.75) is 58.7 Å². The molecule has 1 aliphatic rings. The number of ether oxygens (including phenoxy) is 2. The first-order valence-corrected chi connectivity index (χ1v) is 11.1. The van der Waals surface area contributed by atoms with Gasteiger partial charge in [0.15, 0.2) is 0 Å². The van der Waals surface area contributed by atoms with Crippen molar-refractivity contribution in [3.05, 3.63) is 41.6 Å². The van der Waals surface area contributed by atoms with Crippen LogP contribution in [0.25, 0.3) is 11.4 Å². The van der Waals surface area contributed by atoms with E-state index in [1.807, 2.05) is 32.0 Å². The summed E-state index contributed by atoms with van der Waals surface area (Å²) in [5, 5.41) is 17.7. The summed E-state index contributed by atoms with van der Waals surface area (Å²) in [4.78, 5) is 24.4. The van der Waals surface area contributed by atoms with Crippen LogP contribution in [0.4, 0.5) is 0 Å². The Hall–Kier alpha value is -3.56. The number of nitrogens with zero attached hydrogens (tertiary/aromatic N) is 6. The molecule has 10 nitrogen and oxygen atoms in total. The second kappa shape index (κ2) is 9.93. The molecule has 10 heteroatoms. The van der Waals surface area contributed by atoms with Gasteiger partial charge in [0.2, 0.25) is 5.88 Å². The summed E-state index contributed by atoms with van der Waals surface area (Å²) in [7, 11) is 1.80. The third kappa shape index (κ3) is 5.27. The van der Waals surface area contributed by atoms with Crippen molar-refractivity contribution in [3.8, 4) is 23.0 Å². The summed E-state index contributed by atoms with van der Waals surface area (Å²) < 4.78 is 13.6. The van der Waals surface area contributed by atoms with Crippen LogP contribution < -0.4 is 9.47 Å². The van der Waals surface area contributed by atoms with Crippen LogP contribution in [-0.2, 0) is 24.9 Å². The maximum Gasteiger partial charge on any atom is 0.306 e. The maximum atomic E-state index is 11.3. The van der Waals surface area contributed by atoms with E-state index in [0.29, 0.717) is 41.6 Å². The molecule has 3 heterocycles. The molecule has 0 unspecified atom stereocenters. The van der Waals surface area contributed by atoms with Gasteiger partial charge in [-0.25, -0.2) is 19.6 Å². The van der Waals surface area contributed by atoms with Crippen LogP contribution >= 0.6 is 0 Å². The number of pyridine rings is 1. The van der Waals surface area contributed by atoms with E-state index in [4.69, 9.17) is 9.47 Å². The summed E-state index contributed by atoms with van der Waals surface area (Å²) in [6.07, 6.45) is 5.09. The van der Waals surface area contributed by atoms with Crippen molar-refractivity contribution in [1.82, 2.24) is 29.9 Å². The summed E-state index contributed by atoms with van der Waals surface area (Å²) in [6.45, 7) is 4.13. The molecule has 33 heavy (non-hydrogen) atoms. The van der Waals surface area contributed by atoms with E-state index in [2.05, 4.69) is 25.3 Å². The Kier molecular flexibility index (Phi) is 6.81. The lowest BCUT2D eigenvalue weighted by molar-refractivity contribution is -0.143. The number of aliphatic carboxylic acids is 1. The predicted molar refractivity (Wildman–Crippen MR) is 119 cm³/mol. The summed E-state index contributed by atoms with van der Waals surface area (Å²) in [5.41, 5.74) is 3.68. The lowest BCUT2D eigenvalue weighted by Crippen LogP contribution is -2.29. The van der Waals surface area contributed by atoms with Crippen LogP contribution in [0, 0.1) is 12.8 Å². The second-order valence-electron chi connectivity index (χ2n) is 8.22. The van der Waals surface area contributed by atoms with Gasteiger partial charge in [-0.3, -0.25) is 4.79 Å². The Balaban J connectivity index is 1.48. The zero-order valence-corrected chi connectivity index (χ0v) is 19.1. The molecule has 1 saturated carbocycles. The fourth-order valence-electron chi connectivity index (χ4n) is 3.99. The molecule has 3 aromatic heterocycles. The first-order valence-electron chi connectivity index (χ1n) is 11.1. The van der Waals surface area contributed by atoms with E-state index in [1.54, 1.807) is 11.7 Å². The quantitative estimate of drug-likeness (QED) is 0.548. The molecule has 2 atom stereocenters. The minimum atomic E-state index is -0.751. The maximum absolute atomic E-state index is 11.3. The number of rotatable bonds is 8. The molecule has 1 fully saturated rings. The highest BCUT2D eigenvalue weighted by atomic mass is 16.5. The molecule has 0 radical (unpaired) electrons. The molecule has 1 aliphatic carbocycles. The molecule has 4 rings (SSSR count). The van der Waals surface area contributed by atoms with Gasteiger partial charge in [-0.1, -0.05) is 12.1 Å². The van der Waals surface area contributed by atoms with Gasteiger partial charge < -0.3 is 14.6 Å². The van der Waals surface area contributed by atoms with Crippen molar-refractivity contribution >= 4 is 5.97 Å². The lowest BCUT2D eigenvalue weighted by atomic mass is 9.87. The van der Waals surface area contributed by atoms with Crippen molar-refractivity contribution in [2.75, 3.05) is 0 Å². The molecule has 1 N–H and O–H groups in total. The van der Waals surface area contributed by atoms with Gasteiger partial charge in [-0.15, -0.1) is 5.10 Å². The zero-order chi connectivity index (χ0) is 23.4. The lowest BCUT2D eigenvalue weighted by Gasteiger charge is -2.27. The first kappa shape index (κ1) is 22.6. The average molecular weight is 453 g/mol. The molecule has 0 spiro atoms. The van der Waals surface area contributed by atoms with Gasteiger partial charge in [-0.2, -0.15) is 0 Å². The normalized spacial score (nSPS) is 18.2. The third-order valence-corrected chi connectivity index (χ3v) is 5.91. The van der Waals surface area contributed by atoms with Crippen molar-refractivity contribution < 1.29 is 19.4 Å². The monoisotopic (exact) mass is 452 g/mol. The number of aryl methyl sites for hydroxylation is 3. The van der Waals surface area contributed by atoms with E-state index in [9.17, 15) is 9.90 Å². The van der Waals surface area contributed by atoms with Crippen LogP contribution in [0.5, 0.6) is 11.6 Å². The average Bonchev–Trinajstić information content (AvgIpc) is 3.19. The standard InChI is InChI=1S/C23H28N6O4/c1-4-16-11-21(25-13-24-16)32-12-19-22(27-28-29(19)3)18-8-9-20(14(2)26-18)33-17-7-5-6-15(10-17)23(30)31/h8-9,11,13,15,17H,4-7,10,12H2,1-3H3,(H,30,31)/t15-,17-/m0/s1. The molecule has 0 aliphatic heterocycles. The van der Waals surface area contributed by atoms with E-state index < -0.39 is 5.97 Å². The molecule has 0 bridgehead atoms. The van der Waals surface area contributed by atoms with Gasteiger partial charge in [0.25, 0.3) is 0 Å². The van der Waals surface area contributed by atoms with Crippen molar-refractivity contribution in [1.29, 1.82) is 0 Å². The topological polar surface area (TPSA) is 125 Å².